The normalized spacial score (nSPS) is 12.1. The van der Waals surface area contributed by atoms with Gasteiger partial charge in [0.2, 0.25) is 6.41 Å². The Morgan fingerprint density at radius 2 is 2.18 bits per heavy atom. The van der Waals surface area contributed by atoms with Crippen LogP contribution in [0.3, 0.4) is 0 Å². The molecule has 3 nitrogen and oxygen atoms in total. The Morgan fingerprint density at radius 1 is 1.41 bits per heavy atom. The number of nitrogens with zero attached hydrogens (tertiary/aromatic N) is 1. The van der Waals surface area contributed by atoms with Gasteiger partial charge in [-0.15, -0.1) is 11.3 Å². The smallest absolute Gasteiger partial charge is 0.207 e. The second kappa shape index (κ2) is 5.59. The van der Waals surface area contributed by atoms with E-state index in [0.29, 0.717) is 0 Å². The van der Waals surface area contributed by atoms with E-state index in [1.165, 1.54) is 11.1 Å². The van der Waals surface area contributed by atoms with Crippen LogP contribution in [0.15, 0.2) is 35.8 Å². The van der Waals surface area contributed by atoms with E-state index >= 15 is 0 Å². The molecule has 1 amide bonds. The standard InChI is InChI=1S/C13H14N2OS/c1-10-2-4-11(5-3-10)8-12(15-9-16)13-14-6-7-17-13/h2-7,9,12H,8H2,1H3,(H,15,16)/t12-/m0/s1. The van der Waals surface area contributed by atoms with E-state index in [-0.39, 0.29) is 6.04 Å². The summed E-state index contributed by atoms with van der Waals surface area (Å²) in [7, 11) is 0. The Hall–Kier alpha value is -1.68. The molecule has 0 saturated heterocycles. The van der Waals surface area contributed by atoms with Crippen LogP contribution in [0.1, 0.15) is 22.2 Å². The lowest BCUT2D eigenvalue weighted by atomic mass is 10.1. The van der Waals surface area contributed by atoms with Gasteiger partial charge in [-0.1, -0.05) is 29.8 Å². The summed E-state index contributed by atoms with van der Waals surface area (Å²) in [6, 6.07) is 8.30. The van der Waals surface area contributed by atoms with Crippen molar-refractivity contribution in [3.8, 4) is 0 Å². The molecule has 1 heterocycles. The van der Waals surface area contributed by atoms with Crippen LogP contribution in [-0.4, -0.2) is 11.4 Å². The highest BCUT2D eigenvalue weighted by molar-refractivity contribution is 7.09. The molecule has 0 bridgehead atoms. The van der Waals surface area contributed by atoms with E-state index in [1.54, 1.807) is 17.5 Å². The Balaban J connectivity index is 2.13. The number of aryl methyl sites for hydroxylation is 1. The van der Waals surface area contributed by atoms with Gasteiger partial charge in [0.25, 0.3) is 0 Å². The van der Waals surface area contributed by atoms with Crippen LogP contribution in [0.2, 0.25) is 0 Å². The molecule has 17 heavy (non-hydrogen) atoms. The molecular formula is C13H14N2OS. The van der Waals surface area contributed by atoms with Crippen molar-refractivity contribution in [1.29, 1.82) is 0 Å². The molecule has 0 aliphatic rings. The van der Waals surface area contributed by atoms with Crippen LogP contribution < -0.4 is 5.32 Å². The number of aromatic nitrogens is 1. The van der Waals surface area contributed by atoms with Crippen LogP contribution in [0, 0.1) is 6.92 Å². The average molecular weight is 246 g/mol. The summed E-state index contributed by atoms with van der Waals surface area (Å²) in [6.07, 6.45) is 3.27. The topological polar surface area (TPSA) is 42.0 Å². The molecule has 1 atom stereocenters. The number of hydrogen-bond donors (Lipinski definition) is 1. The van der Waals surface area contributed by atoms with Crippen molar-refractivity contribution in [3.63, 3.8) is 0 Å². The third-order valence-electron chi connectivity index (χ3n) is 2.58. The van der Waals surface area contributed by atoms with Gasteiger partial charge in [0.05, 0.1) is 6.04 Å². The van der Waals surface area contributed by atoms with E-state index in [0.717, 1.165) is 17.8 Å². The molecule has 0 radical (unpaired) electrons. The summed E-state index contributed by atoms with van der Waals surface area (Å²) in [5, 5.41) is 5.68. The Kier molecular flexibility index (Phi) is 3.88. The molecular weight excluding hydrogens is 232 g/mol. The number of thiazole rings is 1. The third-order valence-corrected chi connectivity index (χ3v) is 3.47. The number of amides is 1. The fourth-order valence-electron chi connectivity index (χ4n) is 1.67. The molecule has 0 saturated carbocycles. The lowest BCUT2D eigenvalue weighted by Gasteiger charge is -2.13. The summed E-state index contributed by atoms with van der Waals surface area (Å²) >= 11 is 1.56. The minimum Gasteiger partial charge on any atom is -0.349 e. The zero-order valence-electron chi connectivity index (χ0n) is 9.59. The van der Waals surface area contributed by atoms with E-state index < -0.39 is 0 Å². The first kappa shape index (κ1) is 11.8. The van der Waals surface area contributed by atoms with Gasteiger partial charge in [-0.25, -0.2) is 4.98 Å². The molecule has 2 aromatic rings. The predicted octanol–water partition coefficient (Wildman–Crippen LogP) is 2.48. The van der Waals surface area contributed by atoms with E-state index in [2.05, 4.69) is 41.5 Å². The molecule has 2 rings (SSSR count). The largest absolute Gasteiger partial charge is 0.349 e. The molecule has 88 valence electrons. The number of carbonyl (C=O) groups is 1. The van der Waals surface area contributed by atoms with Gasteiger partial charge in [0.15, 0.2) is 0 Å². The van der Waals surface area contributed by atoms with E-state index in [4.69, 9.17) is 0 Å². The molecule has 1 aromatic heterocycles. The number of benzene rings is 1. The predicted molar refractivity (Wildman–Crippen MR) is 68.9 cm³/mol. The van der Waals surface area contributed by atoms with Crippen molar-refractivity contribution in [2.24, 2.45) is 0 Å². The van der Waals surface area contributed by atoms with Gasteiger partial charge in [-0.2, -0.15) is 0 Å². The highest BCUT2D eigenvalue weighted by Gasteiger charge is 2.13. The summed E-state index contributed by atoms with van der Waals surface area (Å²) < 4.78 is 0. The quantitative estimate of drug-likeness (QED) is 0.823. The van der Waals surface area contributed by atoms with E-state index in [9.17, 15) is 4.79 Å². The zero-order valence-corrected chi connectivity index (χ0v) is 10.4. The second-order valence-corrected chi connectivity index (χ2v) is 4.82. The number of carbonyl (C=O) groups excluding carboxylic acids is 1. The molecule has 0 unspecified atom stereocenters. The minimum absolute atomic E-state index is 0.0322. The first-order chi connectivity index (χ1) is 8.29. The van der Waals surface area contributed by atoms with Crippen LogP contribution in [0.4, 0.5) is 0 Å². The SMILES string of the molecule is Cc1ccc(C[C@H](NC=O)c2nccs2)cc1. The first-order valence-electron chi connectivity index (χ1n) is 5.44. The van der Waals surface area contributed by atoms with Gasteiger partial charge in [0, 0.05) is 11.6 Å². The maximum absolute atomic E-state index is 10.6. The van der Waals surface area contributed by atoms with Gasteiger partial charge in [0.1, 0.15) is 5.01 Å². The fraction of sp³-hybridized carbons (Fsp3) is 0.231. The van der Waals surface area contributed by atoms with Crippen molar-refractivity contribution in [1.82, 2.24) is 10.3 Å². The molecule has 1 aromatic carbocycles. The van der Waals surface area contributed by atoms with Crippen molar-refractivity contribution < 1.29 is 4.79 Å². The van der Waals surface area contributed by atoms with Crippen molar-refractivity contribution >= 4 is 17.7 Å². The Labute approximate surface area is 105 Å². The molecule has 1 N–H and O–H groups in total. The Morgan fingerprint density at radius 3 is 2.76 bits per heavy atom. The molecule has 0 aliphatic carbocycles. The summed E-state index contributed by atoms with van der Waals surface area (Å²) in [4.78, 5) is 14.9. The first-order valence-corrected chi connectivity index (χ1v) is 6.32. The van der Waals surface area contributed by atoms with Gasteiger partial charge in [-0.05, 0) is 18.9 Å². The summed E-state index contributed by atoms with van der Waals surface area (Å²) in [5.74, 6) is 0. The second-order valence-electron chi connectivity index (χ2n) is 3.90. The van der Waals surface area contributed by atoms with Crippen molar-refractivity contribution in [3.05, 3.63) is 52.0 Å². The van der Waals surface area contributed by atoms with E-state index in [1.807, 2.05) is 5.38 Å². The molecule has 0 aliphatic heterocycles. The Bertz CT molecular complexity index is 465. The lowest BCUT2D eigenvalue weighted by Crippen LogP contribution is -2.21. The number of nitrogens with one attached hydrogen (secondary N) is 1. The van der Waals surface area contributed by atoms with Gasteiger partial charge >= 0.3 is 0 Å². The van der Waals surface area contributed by atoms with Crippen LogP contribution >= 0.6 is 11.3 Å². The highest BCUT2D eigenvalue weighted by atomic mass is 32.1. The van der Waals surface area contributed by atoms with Crippen molar-refractivity contribution in [2.75, 3.05) is 0 Å². The van der Waals surface area contributed by atoms with Crippen LogP contribution in [-0.2, 0) is 11.2 Å². The monoisotopic (exact) mass is 246 g/mol. The fourth-order valence-corrected chi connectivity index (χ4v) is 2.36. The zero-order chi connectivity index (χ0) is 12.1. The lowest BCUT2D eigenvalue weighted by molar-refractivity contribution is -0.110. The molecule has 0 fully saturated rings. The number of hydrogen-bond acceptors (Lipinski definition) is 3. The van der Waals surface area contributed by atoms with Crippen LogP contribution in [0.5, 0.6) is 0 Å². The van der Waals surface area contributed by atoms with Crippen LogP contribution in [0.25, 0.3) is 0 Å². The average Bonchev–Trinajstić information content (AvgIpc) is 2.85. The summed E-state index contributed by atoms with van der Waals surface area (Å²) in [6.45, 7) is 2.06. The maximum Gasteiger partial charge on any atom is 0.207 e. The molecule has 4 heteroatoms. The highest BCUT2D eigenvalue weighted by Crippen LogP contribution is 2.20. The number of rotatable bonds is 5. The maximum atomic E-state index is 10.6. The third kappa shape index (κ3) is 3.14. The summed E-state index contributed by atoms with van der Waals surface area (Å²) in [5.41, 5.74) is 2.44. The van der Waals surface area contributed by atoms with Gasteiger partial charge in [-0.3, -0.25) is 4.79 Å². The van der Waals surface area contributed by atoms with Gasteiger partial charge < -0.3 is 5.32 Å². The van der Waals surface area contributed by atoms with Crippen molar-refractivity contribution in [2.45, 2.75) is 19.4 Å². The minimum atomic E-state index is -0.0322. The molecule has 0 spiro atoms.